The van der Waals surface area contributed by atoms with Gasteiger partial charge in [-0.05, 0) is 17.7 Å². The maximum atomic E-state index is 10.5. The van der Waals surface area contributed by atoms with Crippen molar-refractivity contribution in [1.29, 1.82) is 0 Å². The van der Waals surface area contributed by atoms with Gasteiger partial charge >= 0.3 is 0 Å². The average molecular weight is 165 g/mol. The van der Waals surface area contributed by atoms with Gasteiger partial charge in [0.1, 0.15) is 12.0 Å². The van der Waals surface area contributed by atoms with Crippen molar-refractivity contribution in [1.82, 2.24) is 0 Å². The highest BCUT2D eigenvalue weighted by Crippen LogP contribution is 2.15. The third-order valence-corrected chi connectivity index (χ3v) is 1.74. The fraction of sp³-hybridized carbons (Fsp3) is 0.222. The molecule has 0 saturated heterocycles. The molecule has 0 saturated carbocycles. The van der Waals surface area contributed by atoms with E-state index in [4.69, 9.17) is 10.8 Å². The number of benzene rings is 1. The molecule has 0 spiro atoms. The lowest BCUT2D eigenvalue weighted by Gasteiger charge is -2.06. The standard InChI is InChI=1S/C9H11NO2/c10-5-8(6-11)7-1-3-9(12)4-2-7/h1-4,6,8,12H,5,10H2. The summed E-state index contributed by atoms with van der Waals surface area (Å²) in [5.74, 6) is -0.0639. The molecule has 1 aromatic rings. The van der Waals surface area contributed by atoms with Crippen LogP contribution in [0.4, 0.5) is 0 Å². The number of aromatic hydroxyl groups is 1. The van der Waals surface area contributed by atoms with Crippen LogP contribution in [0.3, 0.4) is 0 Å². The van der Waals surface area contributed by atoms with Crippen molar-refractivity contribution < 1.29 is 9.90 Å². The van der Waals surface area contributed by atoms with Crippen LogP contribution < -0.4 is 5.73 Å². The lowest BCUT2D eigenvalue weighted by molar-refractivity contribution is -0.108. The molecule has 1 aromatic carbocycles. The fourth-order valence-corrected chi connectivity index (χ4v) is 0.992. The first-order valence-corrected chi connectivity index (χ1v) is 3.72. The smallest absolute Gasteiger partial charge is 0.128 e. The first-order chi connectivity index (χ1) is 5.77. The molecule has 1 atom stereocenters. The zero-order valence-corrected chi connectivity index (χ0v) is 6.60. The lowest BCUT2D eigenvalue weighted by Crippen LogP contribution is -2.13. The summed E-state index contributed by atoms with van der Waals surface area (Å²) in [5, 5.41) is 8.96. The quantitative estimate of drug-likeness (QED) is 0.646. The highest BCUT2D eigenvalue weighted by molar-refractivity contribution is 5.62. The van der Waals surface area contributed by atoms with Crippen molar-refractivity contribution in [2.45, 2.75) is 5.92 Å². The van der Waals surface area contributed by atoms with Crippen LogP contribution in [0, 0.1) is 0 Å². The molecule has 0 fully saturated rings. The molecule has 0 radical (unpaired) electrons. The molecule has 0 aliphatic rings. The summed E-state index contributed by atoms with van der Waals surface area (Å²) in [4.78, 5) is 10.5. The summed E-state index contributed by atoms with van der Waals surface area (Å²) >= 11 is 0. The van der Waals surface area contributed by atoms with Crippen LogP contribution in [-0.4, -0.2) is 17.9 Å². The molecule has 12 heavy (non-hydrogen) atoms. The maximum absolute atomic E-state index is 10.5. The van der Waals surface area contributed by atoms with E-state index in [0.29, 0.717) is 6.54 Å². The summed E-state index contributed by atoms with van der Waals surface area (Å²) in [5.41, 5.74) is 6.20. The molecule has 1 rings (SSSR count). The molecule has 1 unspecified atom stereocenters. The Kier molecular flexibility index (Phi) is 2.82. The van der Waals surface area contributed by atoms with E-state index in [-0.39, 0.29) is 11.7 Å². The second kappa shape index (κ2) is 3.88. The van der Waals surface area contributed by atoms with Crippen molar-refractivity contribution >= 4 is 6.29 Å². The number of carbonyl (C=O) groups excluding carboxylic acids is 1. The molecule has 0 aliphatic heterocycles. The molecule has 0 bridgehead atoms. The molecule has 3 N–H and O–H groups in total. The minimum absolute atomic E-state index is 0.195. The first-order valence-electron chi connectivity index (χ1n) is 3.72. The third-order valence-electron chi connectivity index (χ3n) is 1.74. The third kappa shape index (κ3) is 1.83. The van der Waals surface area contributed by atoms with E-state index >= 15 is 0 Å². The molecule has 3 heteroatoms. The number of hydrogen-bond donors (Lipinski definition) is 2. The van der Waals surface area contributed by atoms with Gasteiger partial charge in [-0.1, -0.05) is 12.1 Å². The average Bonchev–Trinajstić information content (AvgIpc) is 2.10. The summed E-state index contributed by atoms with van der Waals surface area (Å²) in [6.07, 6.45) is 0.812. The van der Waals surface area contributed by atoms with Crippen LogP contribution in [0.1, 0.15) is 11.5 Å². The lowest BCUT2D eigenvalue weighted by atomic mass is 10.0. The maximum Gasteiger partial charge on any atom is 0.128 e. The van der Waals surface area contributed by atoms with Crippen LogP contribution in [0.25, 0.3) is 0 Å². The van der Waals surface area contributed by atoms with Crippen molar-refractivity contribution in [3.8, 4) is 5.75 Å². The molecule has 0 heterocycles. The monoisotopic (exact) mass is 165 g/mol. The number of carbonyl (C=O) groups is 1. The molecule has 0 aromatic heterocycles. The Balaban J connectivity index is 2.87. The van der Waals surface area contributed by atoms with Crippen molar-refractivity contribution in [3.63, 3.8) is 0 Å². The molecule has 0 amide bonds. The van der Waals surface area contributed by atoms with E-state index in [1.807, 2.05) is 0 Å². The SMILES string of the molecule is NCC(C=O)c1ccc(O)cc1. The van der Waals surface area contributed by atoms with Crippen LogP contribution in [0.2, 0.25) is 0 Å². The number of nitrogens with two attached hydrogens (primary N) is 1. The molecular formula is C9H11NO2. The number of phenolic OH excluding ortho intramolecular Hbond substituents is 1. The fourth-order valence-electron chi connectivity index (χ4n) is 0.992. The van der Waals surface area contributed by atoms with E-state index in [1.165, 1.54) is 0 Å². The second-order valence-electron chi connectivity index (χ2n) is 2.57. The van der Waals surface area contributed by atoms with E-state index < -0.39 is 0 Å². The van der Waals surface area contributed by atoms with Gasteiger partial charge in [0.15, 0.2) is 0 Å². The van der Waals surface area contributed by atoms with Crippen molar-refractivity contribution in [2.75, 3.05) is 6.54 Å². The summed E-state index contributed by atoms with van der Waals surface area (Å²) in [6.45, 7) is 0.300. The predicted molar refractivity (Wildman–Crippen MR) is 46.0 cm³/mol. The van der Waals surface area contributed by atoms with E-state index in [9.17, 15) is 4.79 Å². The number of phenols is 1. The Morgan fingerprint density at radius 2 is 2.00 bits per heavy atom. The highest BCUT2D eigenvalue weighted by Gasteiger charge is 2.06. The normalized spacial score (nSPS) is 12.4. The van der Waals surface area contributed by atoms with Gasteiger partial charge < -0.3 is 15.6 Å². The Labute approximate surface area is 70.8 Å². The minimum Gasteiger partial charge on any atom is -0.508 e. The molecule has 64 valence electrons. The summed E-state index contributed by atoms with van der Waals surface area (Å²) in [7, 11) is 0. The van der Waals surface area contributed by atoms with Crippen LogP contribution in [0.15, 0.2) is 24.3 Å². The van der Waals surface area contributed by atoms with E-state index in [2.05, 4.69) is 0 Å². The van der Waals surface area contributed by atoms with E-state index in [0.717, 1.165) is 11.8 Å². The largest absolute Gasteiger partial charge is 0.508 e. The van der Waals surface area contributed by atoms with Crippen LogP contribution in [-0.2, 0) is 4.79 Å². The Bertz CT molecular complexity index is 256. The zero-order chi connectivity index (χ0) is 8.97. The van der Waals surface area contributed by atoms with Crippen molar-refractivity contribution in [2.24, 2.45) is 5.73 Å². The first kappa shape index (κ1) is 8.74. The van der Waals surface area contributed by atoms with Gasteiger partial charge in [0.2, 0.25) is 0 Å². The number of aldehydes is 1. The second-order valence-corrected chi connectivity index (χ2v) is 2.57. The van der Waals surface area contributed by atoms with Gasteiger partial charge in [-0.3, -0.25) is 0 Å². The Morgan fingerprint density at radius 1 is 1.42 bits per heavy atom. The minimum atomic E-state index is -0.259. The Morgan fingerprint density at radius 3 is 2.42 bits per heavy atom. The summed E-state index contributed by atoms with van der Waals surface area (Å²) in [6, 6.07) is 6.48. The van der Waals surface area contributed by atoms with Gasteiger partial charge in [0, 0.05) is 6.54 Å². The number of rotatable bonds is 3. The van der Waals surface area contributed by atoms with Gasteiger partial charge in [-0.2, -0.15) is 0 Å². The van der Waals surface area contributed by atoms with Crippen LogP contribution >= 0.6 is 0 Å². The summed E-state index contributed by atoms with van der Waals surface area (Å²) < 4.78 is 0. The topological polar surface area (TPSA) is 63.3 Å². The molecule has 3 nitrogen and oxygen atoms in total. The van der Waals surface area contributed by atoms with Gasteiger partial charge in [-0.25, -0.2) is 0 Å². The molecule has 0 aliphatic carbocycles. The van der Waals surface area contributed by atoms with Gasteiger partial charge in [-0.15, -0.1) is 0 Å². The van der Waals surface area contributed by atoms with Gasteiger partial charge in [0.25, 0.3) is 0 Å². The number of hydrogen-bond acceptors (Lipinski definition) is 3. The van der Waals surface area contributed by atoms with Crippen molar-refractivity contribution in [3.05, 3.63) is 29.8 Å². The van der Waals surface area contributed by atoms with E-state index in [1.54, 1.807) is 24.3 Å². The zero-order valence-electron chi connectivity index (χ0n) is 6.60. The molecular weight excluding hydrogens is 154 g/mol. The van der Waals surface area contributed by atoms with Crippen LogP contribution in [0.5, 0.6) is 5.75 Å². The Hall–Kier alpha value is -1.35. The van der Waals surface area contributed by atoms with Gasteiger partial charge in [0.05, 0.1) is 5.92 Å². The predicted octanol–water partition coefficient (Wildman–Crippen LogP) is 0.633. The highest BCUT2D eigenvalue weighted by atomic mass is 16.3.